The van der Waals surface area contributed by atoms with Crippen LogP contribution in [0.5, 0.6) is 0 Å². The molecule has 0 saturated carbocycles. The Morgan fingerprint density at radius 3 is 2.45 bits per heavy atom. The van der Waals surface area contributed by atoms with Gasteiger partial charge in [0.2, 0.25) is 5.95 Å². The Kier molecular flexibility index (Phi) is 4.21. The van der Waals surface area contributed by atoms with Crippen LogP contribution in [0.15, 0.2) is 29.1 Å². The highest BCUT2D eigenvalue weighted by molar-refractivity contribution is 5.72. The molecule has 2 aromatic rings. The number of rotatable bonds is 4. The number of aromatic nitrogens is 2. The van der Waals surface area contributed by atoms with Crippen LogP contribution in [0.2, 0.25) is 0 Å². The summed E-state index contributed by atoms with van der Waals surface area (Å²) >= 11 is 0. The fourth-order valence-corrected chi connectivity index (χ4v) is 1.85. The van der Waals surface area contributed by atoms with E-state index in [2.05, 4.69) is 9.97 Å². The average Bonchev–Trinajstić information content (AvgIpc) is 2.44. The monoisotopic (exact) mass is 301 g/mol. The molecule has 8 nitrogen and oxygen atoms in total. The SMILES string of the molecule is CN(C)c1ccc(/C=C/c2nc(N)[nH]c(=O)c2[N+](=O)[O-])cc1. The van der Waals surface area contributed by atoms with Crippen LogP contribution in [-0.4, -0.2) is 29.0 Å². The molecule has 8 heteroatoms. The lowest BCUT2D eigenvalue weighted by Gasteiger charge is -2.11. The molecule has 0 unspecified atom stereocenters. The summed E-state index contributed by atoms with van der Waals surface area (Å²) in [6.45, 7) is 0. The van der Waals surface area contributed by atoms with Crippen molar-refractivity contribution in [2.24, 2.45) is 0 Å². The minimum atomic E-state index is -0.875. The number of anilines is 2. The van der Waals surface area contributed by atoms with Crippen LogP contribution < -0.4 is 16.2 Å². The van der Waals surface area contributed by atoms with E-state index in [9.17, 15) is 14.9 Å². The molecule has 0 fully saturated rings. The molecule has 1 aromatic carbocycles. The molecule has 0 amide bonds. The number of nitrogen functional groups attached to an aromatic ring is 1. The number of hydrogen-bond acceptors (Lipinski definition) is 6. The Labute approximate surface area is 126 Å². The number of hydrogen-bond donors (Lipinski definition) is 2. The second-order valence-electron chi connectivity index (χ2n) is 4.76. The van der Waals surface area contributed by atoms with Gasteiger partial charge in [0.25, 0.3) is 0 Å². The van der Waals surface area contributed by atoms with E-state index in [1.54, 1.807) is 6.08 Å². The quantitative estimate of drug-likeness (QED) is 0.652. The first-order valence-electron chi connectivity index (χ1n) is 6.38. The van der Waals surface area contributed by atoms with Gasteiger partial charge in [0, 0.05) is 19.8 Å². The molecule has 0 aliphatic heterocycles. The van der Waals surface area contributed by atoms with Gasteiger partial charge >= 0.3 is 11.2 Å². The van der Waals surface area contributed by atoms with Gasteiger partial charge in [-0.3, -0.25) is 19.9 Å². The lowest BCUT2D eigenvalue weighted by molar-refractivity contribution is -0.386. The molecular weight excluding hydrogens is 286 g/mol. The molecule has 0 radical (unpaired) electrons. The predicted octanol–water partition coefficient (Wildman–Crippen LogP) is 1.50. The smallest absolute Gasteiger partial charge is 0.359 e. The summed E-state index contributed by atoms with van der Waals surface area (Å²) < 4.78 is 0. The van der Waals surface area contributed by atoms with E-state index in [-0.39, 0.29) is 11.6 Å². The maximum Gasteiger partial charge on any atom is 0.359 e. The molecular formula is C14H15N5O3. The molecule has 0 aliphatic rings. The van der Waals surface area contributed by atoms with E-state index < -0.39 is 16.2 Å². The van der Waals surface area contributed by atoms with Gasteiger partial charge in [-0.2, -0.15) is 0 Å². The zero-order valence-electron chi connectivity index (χ0n) is 12.1. The Bertz CT molecular complexity index is 778. The Balaban J connectivity index is 2.37. The number of nitrogens with zero attached hydrogens (tertiary/aromatic N) is 3. The normalized spacial score (nSPS) is 10.8. The third kappa shape index (κ3) is 3.29. The summed E-state index contributed by atoms with van der Waals surface area (Å²) in [4.78, 5) is 29.6. The van der Waals surface area contributed by atoms with Crippen molar-refractivity contribution < 1.29 is 4.92 Å². The molecule has 22 heavy (non-hydrogen) atoms. The van der Waals surface area contributed by atoms with Crippen molar-refractivity contribution in [2.75, 3.05) is 24.7 Å². The number of nitrogens with two attached hydrogens (primary N) is 1. The van der Waals surface area contributed by atoms with Crippen LogP contribution in [-0.2, 0) is 0 Å². The first kappa shape index (κ1) is 15.2. The first-order chi connectivity index (χ1) is 10.4. The van der Waals surface area contributed by atoms with Crippen LogP contribution in [0.3, 0.4) is 0 Å². The third-order valence-corrected chi connectivity index (χ3v) is 2.97. The van der Waals surface area contributed by atoms with Crippen molar-refractivity contribution in [1.29, 1.82) is 0 Å². The minimum absolute atomic E-state index is 0.0806. The molecule has 0 saturated heterocycles. The first-order valence-corrected chi connectivity index (χ1v) is 6.38. The lowest BCUT2D eigenvalue weighted by atomic mass is 10.1. The van der Waals surface area contributed by atoms with Gasteiger partial charge in [-0.1, -0.05) is 18.2 Å². The summed E-state index contributed by atoms with van der Waals surface area (Å²) in [6.07, 6.45) is 3.03. The average molecular weight is 301 g/mol. The second-order valence-corrected chi connectivity index (χ2v) is 4.76. The van der Waals surface area contributed by atoms with Gasteiger partial charge in [0.05, 0.1) is 4.92 Å². The summed E-state index contributed by atoms with van der Waals surface area (Å²) in [6, 6.07) is 7.53. The van der Waals surface area contributed by atoms with Gasteiger partial charge in [-0.15, -0.1) is 0 Å². The van der Waals surface area contributed by atoms with Gasteiger partial charge in [-0.05, 0) is 23.8 Å². The number of H-pyrrole nitrogens is 1. The van der Waals surface area contributed by atoms with E-state index in [4.69, 9.17) is 5.73 Å². The highest BCUT2D eigenvalue weighted by Gasteiger charge is 2.19. The van der Waals surface area contributed by atoms with Gasteiger partial charge in [0.15, 0.2) is 5.69 Å². The van der Waals surface area contributed by atoms with Gasteiger partial charge < -0.3 is 10.6 Å². The van der Waals surface area contributed by atoms with Crippen molar-refractivity contribution in [3.63, 3.8) is 0 Å². The molecule has 114 valence electrons. The predicted molar refractivity (Wildman–Crippen MR) is 85.6 cm³/mol. The summed E-state index contributed by atoms with van der Waals surface area (Å²) in [5.41, 5.74) is 5.69. The maximum absolute atomic E-state index is 11.6. The summed E-state index contributed by atoms with van der Waals surface area (Å²) in [5, 5.41) is 11.0. The number of nitro groups is 1. The minimum Gasteiger partial charge on any atom is -0.378 e. The van der Waals surface area contributed by atoms with Crippen LogP contribution in [0, 0.1) is 10.1 Å². The Morgan fingerprint density at radius 1 is 1.27 bits per heavy atom. The lowest BCUT2D eigenvalue weighted by Crippen LogP contribution is -2.17. The third-order valence-electron chi connectivity index (χ3n) is 2.97. The number of benzene rings is 1. The zero-order chi connectivity index (χ0) is 16.3. The van der Waals surface area contributed by atoms with Gasteiger partial charge in [0.1, 0.15) is 0 Å². The van der Waals surface area contributed by atoms with E-state index in [0.29, 0.717) is 0 Å². The fraction of sp³-hybridized carbons (Fsp3) is 0.143. The van der Waals surface area contributed by atoms with Gasteiger partial charge in [-0.25, -0.2) is 4.98 Å². The molecule has 0 bridgehead atoms. The van der Waals surface area contributed by atoms with Crippen molar-refractivity contribution >= 4 is 29.5 Å². The molecule has 1 heterocycles. The van der Waals surface area contributed by atoms with E-state index in [1.807, 2.05) is 43.3 Å². The van der Waals surface area contributed by atoms with Crippen LogP contribution in [0.4, 0.5) is 17.3 Å². The molecule has 1 aromatic heterocycles. The van der Waals surface area contributed by atoms with Crippen molar-refractivity contribution in [3.8, 4) is 0 Å². The van der Waals surface area contributed by atoms with Crippen molar-refractivity contribution in [1.82, 2.24) is 9.97 Å². The molecule has 0 atom stereocenters. The summed E-state index contributed by atoms with van der Waals surface area (Å²) in [5.74, 6) is -0.168. The van der Waals surface area contributed by atoms with Crippen LogP contribution in [0.1, 0.15) is 11.3 Å². The Hall–Kier alpha value is -3.16. The number of nitrogens with one attached hydrogen (secondary N) is 1. The molecule has 3 N–H and O–H groups in total. The second kappa shape index (κ2) is 6.08. The Morgan fingerprint density at radius 2 is 1.91 bits per heavy atom. The highest BCUT2D eigenvalue weighted by Crippen LogP contribution is 2.17. The van der Waals surface area contributed by atoms with E-state index in [0.717, 1.165) is 11.3 Å². The van der Waals surface area contributed by atoms with Crippen molar-refractivity contribution in [2.45, 2.75) is 0 Å². The molecule has 0 aliphatic carbocycles. The molecule has 2 rings (SSSR count). The topological polar surface area (TPSA) is 118 Å². The largest absolute Gasteiger partial charge is 0.378 e. The van der Waals surface area contributed by atoms with E-state index in [1.165, 1.54) is 6.08 Å². The fourth-order valence-electron chi connectivity index (χ4n) is 1.85. The van der Waals surface area contributed by atoms with Crippen LogP contribution >= 0.6 is 0 Å². The highest BCUT2D eigenvalue weighted by atomic mass is 16.6. The molecule has 0 spiro atoms. The maximum atomic E-state index is 11.6. The zero-order valence-corrected chi connectivity index (χ0v) is 12.1. The standard InChI is InChI=1S/C14H15N5O3/c1-18(2)10-6-3-9(4-7-10)5-8-11-12(19(21)22)13(20)17-14(15)16-11/h3-8H,1-2H3,(H3,15,16,17,20)/b8-5+. The van der Waals surface area contributed by atoms with Crippen LogP contribution in [0.25, 0.3) is 12.2 Å². The summed E-state index contributed by atoms with van der Waals surface area (Å²) in [7, 11) is 3.86. The van der Waals surface area contributed by atoms with Crippen molar-refractivity contribution in [3.05, 3.63) is 56.0 Å². The van der Waals surface area contributed by atoms with E-state index >= 15 is 0 Å². The number of aromatic amines is 1.